The van der Waals surface area contributed by atoms with Crippen LogP contribution in [-0.2, 0) is 6.61 Å². The maximum Gasteiger partial charge on any atom is 0.129 e. The van der Waals surface area contributed by atoms with Gasteiger partial charge < -0.3 is 4.74 Å². The largest absolute Gasteiger partial charge is 0.487 e. The van der Waals surface area contributed by atoms with E-state index in [-0.39, 0.29) is 0 Å². The van der Waals surface area contributed by atoms with Crippen molar-refractivity contribution in [3.05, 3.63) is 57.9 Å². The number of para-hydroxylation sites is 1. The number of nitrogens with zero attached hydrogens (tertiary/aromatic N) is 1. The number of thiazole rings is 1. The Labute approximate surface area is 129 Å². The van der Waals surface area contributed by atoms with Gasteiger partial charge >= 0.3 is 0 Å². The van der Waals surface area contributed by atoms with Crippen molar-refractivity contribution < 1.29 is 4.74 Å². The van der Waals surface area contributed by atoms with Crippen LogP contribution in [0, 0.1) is 0 Å². The van der Waals surface area contributed by atoms with Crippen molar-refractivity contribution in [1.82, 2.24) is 4.98 Å². The van der Waals surface area contributed by atoms with E-state index in [1.54, 1.807) is 11.3 Å². The zero-order valence-electron chi connectivity index (χ0n) is 10.5. The third-order valence-electron chi connectivity index (χ3n) is 3.30. The number of hydrogen-bond acceptors (Lipinski definition) is 3. The summed E-state index contributed by atoms with van der Waals surface area (Å²) in [5.41, 5.74) is 3.27. The summed E-state index contributed by atoms with van der Waals surface area (Å²) in [6.45, 7) is 0.606. The molecule has 98 valence electrons. The molecule has 1 aromatic heterocycles. The Morgan fingerprint density at radius 1 is 1.00 bits per heavy atom. The minimum atomic E-state index is 0.606. The Bertz CT molecular complexity index is 797. The normalized spacial score (nSPS) is 12.4. The van der Waals surface area contributed by atoms with Crippen LogP contribution in [-0.4, -0.2) is 4.98 Å². The van der Waals surface area contributed by atoms with Crippen LogP contribution in [0.1, 0.15) is 4.88 Å². The first-order valence-corrected chi connectivity index (χ1v) is 7.90. The van der Waals surface area contributed by atoms with Gasteiger partial charge in [-0.15, -0.1) is 11.3 Å². The topological polar surface area (TPSA) is 22.1 Å². The fraction of sp³-hybridized carbons (Fsp3) is 0.0625. The molecule has 0 unspecified atom stereocenters. The molecule has 2 aromatic carbocycles. The van der Waals surface area contributed by atoms with Gasteiger partial charge in [-0.2, -0.15) is 0 Å². The van der Waals surface area contributed by atoms with Crippen molar-refractivity contribution in [2.45, 2.75) is 6.61 Å². The molecule has 0 amide bonds. The molecule has 0 radical (unpaired) electrons. The number of fused-ring (bicyclic) bond motifs is 3. The molecule has 1 aliphatic heterocycles. The molecule has 0 saturated carbocycles. The second-order valence-corrected chi connectivity index (χ2v) is 6.49. The maximum atomic E-state index is 5.79. The SMILES string of the molecule is Brc1ccccc1-c1nc2c(s1)COc1ccccc1-2. The molecule has 0 atom stereocenters. The van der Waals surface area contributed by atoms with E-state index in [0.717, 1.165) is 32.1 Å². The van der Waals surface area contributed by atoms with Crippen molar-refractivity contribution in [1.29, 1.82) is 0 Å². The quantitative estimate of drug-likeness (QED) is 0.610. The van der Waals surface area contributed by atoms with E-state index in [2.05, 4.69) is 28.1 Å². The van der Waals surface area contributed by atoms with Crippen LogP contribution in [0.4, 0.5) is 0 Å². The van der Waals surface area contributed by atoms with Gasteiger partial charge in [0.05, 0.1) is 10.6 Å². The van der Waals surface area contributed by atoms with Gasteiger partial charge in [0.15, 0.2) is 0 Å². The van der Waals surface area contributed by atoms with E-state index in [4.69, 9.17) is 9.72 Å². The van der Waals surface area contributed by atoms with Gasteiger partial charge in [-0.3, -0.25) is 0 Å². The van der Waals surface area contributed by atoms with Gasteiger partial charge in [0, 0.05) is 15.6 Å². The van der Waals surface area contributed by atoms with Gasteiger partial charge in [-0.25, -0.2) is 4.98 Å². The lowest BCUT2D eigenvalue weighted by atomic mass is 10.1. The second-order valence-electron chi connectivity index (χ2n) is 4.56. The lowest BCUT2D eigenvalue weighted by Crippen LogP contribution is -2.02. The molecule has 0 fully saturated rings. The predicted molar refractivity (Wildman–Crippen MR) is 85.0 cm³/mol. The zero-order chi connectivity index (χ0) is 13.5. The number of halogens is 1. The van der Waals surface area contributed by atoms with Crippen LogP contribution < -0.4 is 4.74 Å². The van der Waals surface area contributed by atoms with Crippen LogP contribution in [0.2, 0.25) is 0 Å². The van der Waals surface area contributed by atoms with E-state index in [1.165, 1.54) is 4.88 Å². The third kappa shape index (κ3) is 1.87. The van der Waals surface area contributed by atoms with Crippen molar-refractivity contribution in [3.8, 4) is 27.6 Å². The van der Waals surface area contributed by atoms with Crippen molar-refractivity contribution in [2.75, 3.05) is 0 Å². The Morgan fingerprint density at radius 3 is 2.60 bits per heavy atom. The molecule has 0 N–H and O–H groups in total. The Morgan fingerprint density at radius 2 is 1.75 bits per heavy atom. The molecule has 2 heterocycles. The lowest BCUT2D eigenvalue weighted by Gasteiger charge is -2.15. The summed E-state index contributed by atoms with van der Waals surface area (Å²) in [7, 11) is 0. The van der Waals surface area contributed by atoms with Gasteiger partial charge in [-0.05, 0) is 18.2 Å². The summed E-state index contributed by atoms with van der Waals surface area (Å²) in [5.74, 6) is 0.920. The molecule has 0 bridgehead atoms. The summed E-state index contributed by atoms with van der Waals surface area (Å²) in [6.07, 6.45) is 0. The van der Waals surface area contributed by atoms with Crippen LogP contribution in [0.5, 0.6) is 5.75 Å². The molecule has 4 heteroatoms. The summed E-state index contributed by atoms with van der Waals surface area (Å²) in [5, 5.41) is 1.03. The molecule has 4 rings (SSSR count). The highest BCUT2D eigenvalue weighted by molar-refractivity contribution is 9.10. The number of ether oxygens (including phenoxy) is 1. The van der Waals surface area contributed by atoms with Gasteiger partial charge in [0.1, 0.15) is 17.4 Å². The molecule has 3 aromatic rings. The van der Waals surface area contributed by atoms with Crippen LogP contribution in [0.3, 0.4) is 0 Å². The smallest absolute Gasteiger partial charge is 0.129 e. The molecule has 1 aliphatic rings. The number of aromatic nitrogens is 1. The Kier molecular flexibility index (Phi) is 2.86. The highest BCUT2D eigenvalue weighted by atomic mass is 79.9. The van der Waals surface area contributed by atoms with Crippen molar-refractivity contribution in [3.63, 3.8) is 0 Å². The monoisotopic (exact) mass is 343 g/mol. The van der Waals surface area contributed by atoms with Crippen LogP contribution >= 0.6 is 27.3 Å². The molecule has 20 heavy (non-hydrogen) atoms. The average Bonchev–Trinajstić information content (AvgIpc) is 2.92. The fourth-order valence-electron chi connectivity index (χ4n) is 2.34. The van der Waals surface area contributed by atoms with E-state index >= 15 is 0 Å². The first-order chi connectivity index (χ1) is 9.83. The highest BCUT2D eigenvalue weighted by Gasteiger charge is 2.22. The molecule has 2 nitrogen and oxygen atoms in total. The predicted octanol–water partition coefficient (Wildman–Crippen LogP) is 5.13. The fourth-order valence-corrected chi connectivity index (χ4v) is 3.97. The average molecular weight is 344 g/mol. The number of benzene rings is 2. The molecule has 0 saturated heterocycles. The Balaban J connectivity index is 1.89. The van der Waals surface area contributed by atoms with Gasteiger partial charge in [-0.1, -0.05) is 46.3 Å². The number of hydrogen-bond donors (Lipinski definition) is 0. The Hall–Kier alpha value is -1.65. The van der Waals surface area contributed by atoms with Crippen molar-refractivity contribution >= 4 is 27.3 Å². The minimum absolute atomic E-state index is 0.606. The third-order valence-corrected chi connectivity index (χ3v) is 5.06. The van der Waals surface area contributed by atoms with E-state index in [9.17, 15) is 0 Å². The number of rotatable bonds is 1. The van der Waals surface area contributed by atoms with Crippen LogP contribution in [0.15, 0.2) is 53.0 Å². The van der Waals surface area contributed by atoms with Crippen molar-refractivity contribution in [2.24, 2.45) is 0 Å². The molecular formula is C16H10BrNOS. The second kappa shape index (κ2) is 4.72. The van der Waals surface area contributed by atoms with E-state index in [0.29, 0.717) is 6.61 Å². The summed E-state index contributed by atoms with van der Waals surface area (Å²) < 4.78 is 6.86. The van der Waals surface area contributed by atoms with Crippen LogP contribution in [0.25, 0.3) is 21.8 Å². The standard InChI is InChI=1S/C16H10BrNOS/c17-12-7-3-1-5-10(12)16-18-15-11-6-2-4-8-13(11)19-9-14(15)20-16/h1-8H,9H2. The highest BCUT2D eigenvalue weighted by Crippen LogP contribution is 2.42. The summed E-state index contributed by atoms with van der Waals surface area (Å²) >= 11 is 5.29. The van der Waals surface area contributed by atoms with E-state index < -0.39 is 0 Å². The zero-order valence-corrected chi connectivity index (χ0v) is 12.9. The summed E-state index contributed by atoms with van der Waals surface area (Å²) in [6, 6.07) is 16.2. The first kappa shape index (κ1) is 12.1. The minimum Gasteiger partial charge on any atom is -0.487 e. The van der Waals surface area contributed by atoms with E-state index in [1.807, 2.05) is 36.4 Å². The summed E-state index contributed by atoms with van der Waals surface area (Å²) in [4.78, 5) is 6.02. The maximum absolute atomic E-state index is 5.79. The molecule has 0 aliphatic carbocycles. The van der Waals surface area contributed by atoms with Gasteiger partial charge in [0.2, 0.25) is 0 Å². The molecular weight excluding hydrogens is 334 g/mol. The lowest BCUT2D eigenvalue weighted by molar-refractivity contribution is 0.305. The first-order valence-electron chi connectivity index (χ1n) is 6.30. The van der Waals surface area contributed by atoms with Gasteiger partial charge in [0.25, 0.3) is 0 Å². The molecule has 0 spiro atoms.